The highest BCUT2D eigenvalue weighted by molar-refractivity contribution is 5.98. The molecule has 0 bridgehead atoms. The summed E-state index contributed by atoms with van der Waals surface area (Å²) < 4.78 is 43.9. The van der Waals surface area contributed by atoms with E-state index in [4.69, 9.17) is 5.26 Å². The maximum atomic E-state index is 13.1. The van der Waals surface area contributed by atoms with Gasteiger partial charge in [-0.15, -0.1) is 0 Å². The van der Waals surface area contributed by atoms with Gasteiger partial charge in [-0.25, -0.2) is 4.79 Å². The predicted molar refractivity (Wildman–Crippen MR) is 89.6 cm³/mol. The van der Waals surface area contributed by atoms with Crippen LogP contribution in [0.1, 0.15) is 27.0 Å². The number of methoxy groups -OCH3 is 1. The van der Waals surface area contributed by atoms with E-state index in [9.17, 15) is 22.8 Å². The molecule has 27 heavy (non-hydrogen) atoms. The van der Waals surface area contributed by atoms with Crippen molar-refractivity contribution in [3.8, 4) is 6.07 Å². The fraction of sp³-hybridized carbons (Fsp3) is 0.211. The van der Waals surface area contributed by atoms with Crippen LogP contribution in [0.15, 0.2) is 48.5 Å². The van der Waals surface area contributed by atoms with E-state index in [2.05, 4.69) is 10.1 Å². The third kappa shape index (κ3) is 5.07. The highest BCUT2D eigenvalue weighted by Gasteiger charge is 2.35. The van der Waals surface area contributed by atoms with E-state index in [0.717, 1.165) is 19.2 Å². The number of benzene rings is 2. The molecule has 2 rings (SSSR count). The number of alkyl halides is 3. The molecule has 0 unspecified atom stereocenters. The number of nitriles is 1. The number of hydrogen-bond acceptors (Lipinski definition) is 4. The third-order valence-electron chi connectivity index (χ3n) is 3.79. The molecule has 1 amide bonds. The molecule has 0 aliphatic rings. The topological polar surface area (TPSA) is 79.2 Å². The quantitative estimate of drug-likeness (QED) is 0.814. The van der Waals surface area contributed by atoms with Gasteiger partial charge in [-0.2, -0.15) is 18.4 Å². The van der Waals surface area contributed by atoms with Crippen LogP contribution in [0.4, 0.5) is 13.2 Å². The van der Waals surface area contributed by atoms with Gasteiger partial charge in [0.2, 0.25) is 0 Å². The highest BCUT2D eigenvalue weighted by Crippen LogP contribution is 2.31. The molecule has 2 aromatic rings. The molecule has 2 aromatic carbocycles. The first-order valence-corrected chi connectivity index (χ1v) is 7.80. The Labute approximate surface area is 153 Å². The molecule has 5 nitrogen and oxygen atoms in total. The summed E-state index contributed by atoms with van der Waals surface area (Å²) in [5, 5.41) is 11.1. The lowest BCUT2D eigenvalue weighted by Gasteiger charge is -2.18. The van der Waals surface area contributed by atoms with E-state index in [-0.39, 0.29) is 6.42 Å². The molecule has 0 aliphatic heterocycles. The second-order valence-electron chi connectivity index (χ2n) is 5.61. The molecular weight excluding hydrogens is 361 g/mol. The van der Waals surface area contributed by atoms with Crippen molar-refractivity contribution in [3.05, 3.63) is 70.8 Å². The Morgan fingerprint density at radius 2 is 1.78 bits per heavy atom. The number of nitrogens with one attached hydrogen (secondary N) is 1. The van der Waals surface area contributed by atoms with E-state index in [1.165, 1.54) is 24.3 Å². The largest absolute Gasteiger partial charge is 0.467 e. The van der Waals surface area contributed by atoms with Crippen LogP contribution >= 0.6 is 0 Å². The molecular formula is C19H15F3N2O3. The SMILES string of the molecule is COC(=O)[C@H](Cc1ccc(C#N)cc1)NC(=O)c1ccccc1C(F)(F)F. The zero-order chi connectivity index (χ0) is 20.0. The smallest absolute Gasteiger partial charge is 0.417 e. The zero-order valence-corrected chi connectivity index (χ0v) is 14.2. The van der Waals surface area contributed by atoms with Crippen molar-refractivity contribution in [2.45, 2.75) is 18.6 Å². The maximum absolute atomic E-state index is 13.1. The lowest BCUT2D eigenvalue weighted by molar-refractivity contribution is -0.142. The molecule has 140 valence electrons. The second-order valence-corrected chi connectivity index (χ2v) is 5.61. The standard InChI is InChI=1S/C19H15F3N2O3/c1-27-18(26)16(10-12-6-8-13(11-23)9-7-12)24-17(25)14-4-2-3-5-15(14)19(20,21)22/h2-9,16H,10H2,1H3,(H,24,25)/t16-/m0/s1. The second kappa shape index (κ2) is 8.36. The molecule has 0 spiro atoms. The number of esters is 1. The molecule has 8 heteroatoms. The lowest BCUT2D eigenvalue weighted by Crippen LogP contribution is -2.43. The minimum Gasteiger partial charge on any atom is -0.467 e. The van der Waals surface area contributed by atoms with Gasteiger partial charge in [-0.1, -0.05) is 24.3 Å². The number of amides is 1. The molecule has 0 saturated carbocycles. The first kappa shape index (κ1) is 20.0. The van der Waals surface area contributed by atoms with Crippen LogP contribution in [-0.4, -0.2) is 25.0 Å². The molecule has 0 fully saturated rings. The zero-order valence-electron chi connectivity index (χ0n) is 14.2. The van der Waals surface area contributed by atoms with Crippen molar-refractivity contribution < 1.29 is 27.5 Å². The predicted octanol–water partition coefficient (Wildman–Crippen LogP) is 3.09. The summed E-state index contributed by atoms with van der Waals surface area (Å²) >= 11 is 0. The van der Waals surface area contributed by atoms with Crippen molar-refractivity contribution in [2.24, 2.45) is 0 Å². The van der Waals surface area contributed by atoms with Crippen LogP contribution in [0.25, 0.3) is 0 Å². The lowest BCUT2D eigenvalue weighted by atomic mass is 10.0. The number of ether oxygens (including phenoxy) is 1. The van der Waals surface area contributed by atoms with Gasteiger partial charge < -0.3 is 10.1 Å². The molecule has 0 saturated heterocycles. The van der Waals surface area contributed by atoms with Crippen molar-refractivity contribution in [3.63, 3.8) is 0 Å². The molecule has 0 aliphatic carbocycles. The van der Waals surface area contributed by atoms with E-state index in [1.807, 2.05) is 6.07 Å². The molecule has 1 N–H and O–H groups in total. The van der Waals surface area contributed by atoms with Gasteiger partial charge >= 0.3 is 12.1 Å². The Balaban J connectivity index is 2.25. The van der Waals surface area contributed by atoms with Gasteiger partial charge in [0.1, 0.15) is 6.04 Å². The molecule has 0 aromatic heterocycles. The number of nitrogens with zero attached hydrogens (tertiary/aromatic N) is 1. The van der Waals surface area contributed by atoms with Crippen molar-refractivity contribution in [1.29, 1.82) is 5.26 Å². The van der Waals surface area contributed by atoms with E-state index in [1.54, 1.807) is 12.1 Å². The fourth-order valence-electron chi connectivity index (χ4n) is 2.45. The minimum absolute atomic E-state index is 0.00168. The van der Waals surface area contributed by atoms with E-state index >= 15 is 0 Å². The molecule has 0 heterocycles. The van der Waals surface area contributed by atoms with Crippen LogP contribution in [0.3, 0.4) is 0 Å². The van der Waals surface area contributed by atoms with Crippen molar-refractivity contribution in [1.82, 2.24) is 5.32 Å². The Hall–Kier alpha value is -3.34. The van der Waals surface area contributed by atoms with Crippen LogP contribution in [0.2, 0.25) is 0 Å². The van der Waals surface area contributed by atoms with E-state index < -0.39 is 35.2 Å². The average Bonchev–Trinajstić information content (AvgIpc) is 2.66. The van der Waals surface area contributed by atoms with Crippen LogP contribution < -0.4 is 5.32 Å². The Morgan fingerprint density at radius 3 is 2.33 bits per heavy atom. The van der Waals surface area contributed by atoms with E-state index in [0.29, 0.717) is 11.1 Å². The third-order valence-corrected chi connectivity index (χ3v) is 3.79. The van der Waals surface area contributed by atoms with Crippen LogP contribution in [-0.2, 0) is 22.1 Å². The summed E-state index contributed by atoms with van der Waals surface area (Å²) in [4.78, 5) is 24.3. The number of halogens is 3. The van der Waals surface area contributed by atoms with Gasteiger partial charge in [0.25, 0.3) is 5.91 Å². The van der Waals surface area contributed by atoms with Gasteiger partial charge in [0.15, 0.2) is 0 Å². The number of carbonyl (C=O) groups excluding carboxylic acids is 2. The van der Waals surface area contributed by atoms with Crippen molar-refractivity contribution >= 4 is 11.9 Å². The number of hydrogen-bond donors (Lipinski definition) is 1. The summed E-state index contributed by atoms with van der Waals surface area (Å²) in [6, 6.07) is 11.3. The number of rotatable bonds is 5. The molecule has 1 atom stereocenters. The monoisotopic (exact) mass is 376 g/mol. The first-order chi connectivity index (χ1) is 12.8. The minimum atomic E-state index is -4.71. The Morgan fingerprint density at radius 1 is 1.15 bits per heavy atom. The highest BCUT2D eigenvalue weighted by atomic mass is 19.4. The fourth-order valence-corrected chi connectivity index (χ4v) is 2.45. The Kier molecular flexibility index (Phi) is 6.19. The normalized spacial score (nSPS) is 12.0. The van der Waals surface area contributed by atoms with Gasteiger partial charge in [0.05, 0.1) is 29.9 Å². The summed E-state index contributed by atoms with van der Waals surface area (Å²) in [5.74, 6) is -1.83. The van der Waals surface area contributed by atoms with Gasteiger partial charge in [0, 0.05) is 6.42 Å². The Bertz CT molecular complexity index is 871. The summed E-state index contributed by atoms with van der Waals surface area (Å²) in [6.07, 6.45) is -4.71. The van der Waals surface area contributed by atoms with Gasteiger partial charge in [-0.3, -0.25) is 4.79 Å². The average molecular weight is 376 g/mol. The summed E-state index contributed by atoms with van der Waals surface area (Å²) in [7, 11) is 1.12. The van der Waals surface area contributed by atoms with Crippen LogP contribution in [0.5, 0.6) is 0 Å². The van der Waals surface area contributed by atoms with Gasteiger partial charge in [-0.05, 0) is 29.8 Å². The summed E-state index contributed by atoms with van der Waals surface area (Å²) in [6.45, 7) is 0. The first-order valence-electron chi connectivity index (χ1n) is 7.80. The van der Waals surface area contributed by atoms with Crippen molar-refractivity contribution in [2.75, 3.05) is 7.11 Å². The summed E-state index contributed by atoms with van der Waals surface area (Å²) in [5.41, 5.74) is -0.659. The molecule has 0 radical (unpaired) electrons. The number of carbonyl (C=O) groups is 2. The maximum Gasteiger partial charge on any atom is 0.417 e. The van der Waals surface area contributed by atoms with Crippen LogP contribution in [0, 0.1) is 11.3 Å².